The summed E-state index contributed by atoms with van der Waals surface area (Å²) in [6, 6.07) is 5.89. The zero-order chi connectivity index (χ0) is 17.6. The highest BCUT2D eigenvalue weighted by molar-refractivity contribution is 7.80. The summed E-state index contributed by atoms with van der Waals surface area (Å²) in [5.41, 5.74) is 2.96. The predicted molar refractivity (Wildman–Crippen MR) is 100 cm³/mol. The molecule has 1 aromatic carbocycles. The van der Waals surface area contributed by atoms with Gasteiger partial charge in [0, 0.05) is 11.1 Å². The number of hydrogen-bond acceptors (Lipinski definition) is 6. The summed E-state index contributed by atoms with van der Waals surface area (Å²) in [5.74, 6) is -1.48. The summed E-state index contributed by atoms with van der Waals surface area (Å²) in [7, 11) is 3.09. The van der Waals surface area contributed by atoms with Gasteiger partial charge in [-0.1, -0.05) is 45.0 Å². The maximum atomic E-state index is 12.8. The van der Waals surface area contributed by atoms with Gasteiger partial charge < -0.3 is 4.74 Å². The number of hydrogen-bond donors (Lipinski definition) is 0. The second kappa shape index (κ2) is 6.06. The van der Waals surface area contributed by atoms with E-state index in [0.29, 0.717) is 5.69 Å². The molecule has 0 saturated heterocycles. The molecule has 0 bridgehead atoms. The van der Waals surface area contributed by atoms with Crippen molar-refractivity contribution in [1.29, 1.82) is 0 Å². The minimum atomic E-state index is -0.833. The SMILES string of the molecule is CCOC(=O)C(=O)N1c2cc(C)ccc2-c2c(ssc2=S)C1(C)C. The molecule has 0 N–H and O–H groups in total. The van der Waals surface area contributed by atoms with Gasteiger partial charge in [0.25, 0.3) is 0 Å². The van der Waals surface area contributed by atoms with Gasteiger partial charge in [-0.3, -0.25) is 9.69 Å². The van der Waals surface area contributed by atoms with Crippen molar-refractivity contribution < 1.29 is 14.3 Å². The number of carbonyl (C=O) groups excluding carboxylic acids is 2. The summed E-state index contributed by atoms with van der Waals surface area (Å²) in [6.45, 7) is 7.69. The van der Waals surface area contributed by atoms with Gasteiger partial charge >= 0.3 is 11.9 Å². The summed E-state index contributed by atoms with van der Waals surface area (Å²) in [5, 5.41) is 0. The average Bonchev–Trinajstić information content (AvgIpc) is 2.90. The highest BCUT2D eigenvalue weighted by atomic mass is 32.9. The normalized spacial score (nSPS) is 14.8. The van der Waals surface area contributed by atoms with Gasteiger partial charge in [-0.25, -0.2) is 4.79 Å². The van der Waals surface area contributed by atoms with Gasteiger partial charge in [-0.15, -0.1) is 0 Å². The van der Waals surface area contributed by atoms with Crippen LogP contribution in [0.25, 0.3) is 11.1 Å². The summed E-state index contributed by atoms with van der Waals surface area (Å²) in [4.78, 5) is 27.5. The van der Waals surface area contributed by atoms with Crippen LogP contribution in [-0.4, -0.2) is 18.5 Å². The molecule has 0 fully saturated rings. The first-order chi connectivity index (χ1) is 11.3. The summed E-state index contributed by atoms with van der Waals surface area (Å²) >= 11 is 5.52. The smallest absolute Gasteiger partial charge is 0.397 e. The fourth-order valence-corrected chi connectivity index (χ4v) is 6.27. The molecule has 0 spiro atoms. The molecule has 1 aliphatic heterocycles. The molecular weight excluding hydrogens is 362 g/mol. The highest BCUT2D eigenvalue weighted by Gasteiger charge is 2.45. The molecule has 0 aliphatic carbocycles. The third kappa shape index (κ3) is 2.51. The molecule has 3 rings (SSSR count). The van der Waals surface area contributed by atoms with Gasteiger partial charge in [-0.2, -0.15) is 0 Å². The molecule has 1 amide bonds. The van der Waals surface area contributed by atoms with Gasteiger partial charge in [0.05, 0.1) is 22.7 Å². The lowest BCUT2D eigenvalue weighted by molar-refractivity contribution is -0.153. The number of ether oxygens (including phenoxy) is 1. The van der Waals surface area contributed by atoms with Crippen molar-refractivity contribution in [3.8, 4) is 11.1 Å². The Hall–Kier alpha value is -1.57. The molecule has 0 saturated carbocycles. The van der Waals surface area contributed by atoms with Gasteiger partial charge in [0.2, 0.25) is 0 Å². The summed E-state index contributed by atoms with van der Waals surface area (Å²) in [6.07, 6.45) is 0. The van der Waals surface area contributed by atoms with E-state index in [4.69, 9.17) is 17.0 Å². The third-order valence-corrected chi connectivity index (χ3v) is 7.39. The Morgan fingerprint density at radius 2 is 2.00 bits per heavy atom. The molecule has 0 radical (unpaired) electrons. The number of aryl methyl sites for hydroxylation is 1. The van der Waals surface area contributed by atoms with Crippen molar-refractivity contribution >= 4 is 50.5 Å². The maximum absolute atomic E-state index is 12.8. The molecular formula is C17H17NO3S3. The van der Waals surface area contributed by atoms with Crippen molar-refractivity contribution in [3.05, 3.63) is 32.5 Å². The van der Waals surface area contributed by atoms with Crippen molar-refractivity contribution in [1.82, 2.24) is 0 Å². The van der Waals surface area contributed by atoms with E-state index in [-0.39, 0.29) is 6.61 Å². The molecule has 2 heterocycles. The first kappa shape index (κ1) is 17.3. The molecule has 24 heavy (non-hydrogen) atoms. The Balaban J connectivity index is 2.27. The molecule has 2 aromatic rings. The molecule has 0 atom stereocenters. The number of nitrogens with zero attached hydrogens (tertiary/aromatic N) is 1. The Bertz CT molecular complexity index is 895. The van der Waals surface area contributed by atoms with Crippen LogP contribution in [0.3, 0.4) is 0 Å². The first-order valence-electron chi connectivity index (χ1n) is 7.55. The van der Waals surface area contributed by atoms with E-state index in [9.17, 15) is 9.59 Å². The van der Waals surface area contributed by atoms with Gasteiger partial charge in [-0.05, 0) is 39.3 Å². The Labute approximate surface area is 153 Å². The molecule has 4 nitrogen and oxygen atoms in total. The van der Waals surface area contributed by atoms with Gasteiger partial charge in [0.15, 0.2) is 0 Å². The number of amides is 1. The van der Waals surface area contributed by atoms with Crippen LogP contribution in [0.2, 0.25) is 0 Å². The summed E-state index contributed by atoms with van der Waals surface area (Å²) < 4.78 is 5.76. The van der Waals surface area contributed by atoms with Crippen LogP contribution < -0.4 is 4.90 Å². The largest absolute Gasteiger partial charge is 0.459 e. The van der Waals surface area contributed by atoms with Crippen LogP contribution in [0.5, 0.6) is 0 Å². The number of rotatable bonds is 1. The molecule has 126 valence electrons. The van der Waals surface area contributed by atoms with Crippen LogP contribution in [-0.2, 0) is 19.9 Å². The predicted octanol–water partition coefficient (Wildman–Crippen LogP) is 4.66. The Morgan fingerprint density at radius 3 is 2.67 bits per heavy atom. The minimum Gasteiger partial charge on any atom is -0.459 e. The molecule has 0 unspecified atom stereocenters. The fourth-order valence-electron chi connectivity index (χ4n) is 2.98. The van der Waals surface area contributed by atoms with Crippen LogP contribution in [0.1, 0.15) is 31.2 Å². The van der Waals surface area contributed by atoms with E-state index in [1.54, 1.807) is 22.2 Å². The van der Waals surface area contributed by atoms with Crippen LogP contribution in [0.15, 0.2) is 18.2 Å². The molecule has 1 aliphatic rings. The van der Waals surface area contributed by atoms with E-state index < -0.39 is 17.4 Å². The maximum Gasteiger partial charge on any atom is 0.397 e. The molecule has 1 aromatic heterocycles. The number of benzene rings is 1. The van der Waals surface area contributed by atoms with Crippen LogP contribution in [0, 0.1) is 10.7 Å². The van der Waals surface area contributed by atoms with Crippen molar-refractivity contribution in [2.24, 2.45) is 0 Å². The standard InChI is InChI=1S/C17H17NO3S3/c1-5-21-15(20)14(19)18-11-8-9(2)6-7-10(11)12-13(17(18,3)4)23-24-16(12)22/h6-8H,5H2,1-4H3. The average molecular weight is 380 g/mol. The Morgan fingerprint density at radius 1 is 1.29 bits per heavy atom. The van der Waals surface area contributed by atoms with Gasteiger partial charge in [0.1, 0.15) is 3.82 Å². The van der Waals surface area contributed by atoms with Crippen molar-refractivity contribution in [3.63, 3.8) is 0 Å². The Kier molecular flexibility index (Phi) is 4.36. The van der Waals surface area contributed by atoms with E-state index in [0.717, 1.165) is 25.4 Å². The zero-order valence-electron chi connectivity index (χ0n) is 13.8. The van der Waals surface area contributed by atoms with E-state index in [1.165, 1.54) is 10.3 Å². The monoisotopic (exact) mass is 379 g/mol. The van der Waals surface area contributed by atoms with Crippen LogP contribution >= 0.6 is 32.9 Å². The lowest BCUT2D eigenvalue weighted by Gasteiger charge is -2.42. The fraction of sp³-hybridized carbons (Fsp3) is 0.353. The van der Waals surface area contributed by atoms with Crippen molar-refractivity contribution in [2.75, 3.05) is 11.5 Å². The highest BCUT2D eigenvalue weighted by Crippen LogP contribution is 2.52. The lowest BCUT2D eigenvalue weighted by atomic mass is 9.87. The third-order valence-electron chi connectivity index (χ3n) is 4.06. The topological polar surface area (TPSA) is 46.6 Å². The number of esters is 1. The number of fused-ring (bicyclic) bond motifs is 3. The second-order valence-corrected chi connectivity index (χ2v) is 8.92. The quantitative estimate of drug-likeness (QED) is 0.313. The number of anilines is 1. The lowest BCUT2D eigenvalue weighted by Crippen LogP contribution is -2.51. The second-order valence-electron chi connectivity index (χ2n) is 6.10. The van der Waals surface area contributed by atoms with E-state index >= 15 is 0 Å². The van der Waals surface area contributed by atoms with E-state index in [2.05, 4.69) is 0 Å². The van der Waals surface area contributed by atoms with Crippen molar-refractivity contribution in [2.45, 2.75) is 33.2 Å². The minimum absolute atomic E-state index is 0.169. The van der Waals surface area contributed by atoms with E-state index in [1.807, 2.05) is 39.0 Å². The van der Waals surface area contributed by atoms with Crippen LogP contribution in [0.4, 0.5) is 5.69 Å². The number of carbonyl (C=O) groups is 2. The molecule has 7 heteroatoms. The first-order valence-corrected chi connectivity index (χ1v) is 10.1. The zero-order valence-corrected chi connectivity index (χ0v) is 16.3.